The van der Waals surface area contributed by atoms with Crippen LogP contribution in [0.4, 0.5) is 14.9 Å². The van der Waals surface area contributed by atoms with E-state index in [1.54, 1.807) is 23.9 Å². The smallest absolute Gasteiger partial charge is 0.326 e. The second kappa shape index (κ2) is 9.38. The lowest BCUT2D eigenvalue weighted by Crippen LogP contribution is -2.46. The summed E-state index contributed by atoms with van der Waals surface area (Å²) >= 11 is 1.64. The molecular weight excluding hydrogens is 463 g/mol. The monoisotopic (exact) mass is 486 g/mol. The van der Waals surface area contributed by atoms with Gasteiger partial charge in [0.15, 0.2) is 0 Å². The molecule has 35 heavy (non-hydrogen) atoms. The fourth-order valence-electron chi connectivity index (χ4n) is 4.20. The number of aryl methyl sites for hydroxylation is 1. The third-order valence-electron chi connectivity index (χ3n) is 5.95. The van der Waals surface area contributed by atoms with Crippen LogP contribution in [0.5, 0.6) is 0 Å². The molecule has 2 amide bonds. The van der Waals surface area contributed by atoms with Gasteiger partial charge in [0, 0.05) is 16.2 Å². The van der Waals surface area contributed by atoms with Crippen molar-refractivity contribution < 1.29 is 13.7 Å². The summed E-state index contributed by atoms with van der Waals surface area (Å²) in [7, 11) is 0. The first kappa shape index (κ1) is 22.9. The number of anilines is 1. The minimum atomic E-state index is -0.499. The summed E-state index contributed by atoms with van der Waals surface area (Å²) in [5, 5.41) is 7.29. The molecule has 8 heteroatoms. The molecule has 0 bridgehead atoms. The van der Waals surface area contributed by atoms with Crippen LogP contribution in [0, 0.1) is 12.7 Å². The zero-order chi connectivity index (χ0) is 24.5. The molecule has 0 radical (unpaired) electrons. The van der Waals surface area contributed by atoms with Gasteiger partial charge in [0.25, 0.3) is 5.89 Å². The second-order valence-electron chi connectivity index (χ2n) is 8.26. The van der Waals surface area contributed by atoms with Crippen molar-refractivity contribution in [2.24, 2.45) is 0 Å². The summed E-state index contributed by atoms with van der Waals surface area (Å²) in [5.74, 6) is 0.398. The van der Waals surface area contributed by atoms with Crippen molar-refractivity contribution in [3.05, 3.63) is 101 Å². The molecule has 0 saturated carbocycles. The van der Waals surface area contributed by atoms with Crippen molar-refractivity contribution in [2.75, 3.05) is 11.2 Å². The van der Waals surface area contributed by atoms with Gasteiger partial charge in [-0.05, 0) is 68.1 Å². The molecule has 1 aliphatic heterocycles. The van der Waals surface area contributed by atoms with Gasteiger partial charge in [0.1, 0.15) is 5.82 Å². The van der Waals surface area contributed by atoms with E-state index < -0.39 is 6.04 Å². The minimum Gasteiger partial charge on any atom is -0.334 e. The van der Waals surface area contributed by atoms with Crippen LogP contribution in [-0.2, 0) is 0 Å². The molecule has 1 unspecified atom stereocenters. The fourth-order valence-corrected chi connectivity index (χ4v) is 4.61. The van der Waals surface area contributed by atoms with E-state index in [2.05, 4.69) is 10.5 Å². The number of carbonyl (C=O) groups excluding carboxylic acids is 1. The maximum Gasteiger partial charge on any atom is 0.326 e. The predicted octanol–water partition coefficient (Wildman–Crippen LogP) is 6.61. The molecule has 1 aliphatic rings. The number of allylic oxidation sites excluding steroid dienone is 1. The van der Waals surface area contributed by atoms with Crippen molar-refractivity contribution in [3.63, 3.8) is 0 Å². The van der Waals surface area contributed by atoms with E-state index in [-0.39, 0.29) is 11.8 Å². The topological polar surface area (TPSA) is 71.3 Å². The molecular formula is C27H23FN4O2S. The minimum absolute atomic E-state index is 0.310. The summed E-state index contributed by atoms with van der Waals surface area (Å²) in [6, 6.07) is 20.8. The van der Waals surface area contributed by atoms with E-state index in [0.717, 1.165) is 21.6 Å². The maximum absolute atomic E-state index is 13.6. The van der Waals surface area contributed by atoms with Crippen LogP contribution in [0.1, 0.15) is 30.0 Å². The average Bonchev–Trinajstić information content (AvgIpc) is 3.35. The van der Waals surface area contributed by atoms with Crippen LogP contribution in [0.25, 0.3) is 17.0 Å². The first-order valence-electron chi connectivity index (χ1n) is 11.1. The average molecular weight is 487 g/mol. The zero-order valence-corrected chi connectivity index (χ0v) is 20.3. The van der Waals surface area contributed by atoms with Gasteiger partial charge < -0.3 is 9.84 Å². The van der Waals surface area contributed by atoms with Gasteiger partial charge in [-0.2, -0.15) is 4.98 Å². The molecule has 6 nitrogen and oxygen atoms in total. The molecule has 0 aliphatic carbocycles. The van der Waals surface area contributed by atoms with E-state index in [0.29, 0.717) is 28.7 Å². The molecule has 1 N–H and O–H groups in total. The number of aromatic nitrogens is 2. The van der Waals surface area contributed by atoms with Crippen molar-refractivity contribution in [1.29, 1.82) is 0 Å². The third-order valence-corrected chi connectivity index (χ3v) is 6.70. The highest BCUT2D eigenvalue weighted by Crippen LogP contribution is 2.39. The number of urea groups is 1. The highest BCUT2D eigenvalue weighted by atomic mass is 32.2. The van der Waals surface area contributed by atoms with Crippen molar-refractivity contribution in [1.82, 2.24) is 15.5 Å². The summed E-state index contributed by atoms with van der Waals surface area (Å²) in [6.45, 7) is 3.83. The Kier molecular flexibility index (Phi) is 6.13. The van der Waals surface area contributed by atoms with Gasteiger partial charge in [-0.15, -0.1) is 11.8 Å². The van der Waals surface area contributed by atoms with Crippen molar-refractivity contribution in [2.45, 2.75) is 24.8 Å². The Hall–Kier alpha value is -3.91. The number of hydrogen-bond acceptors (Lipinski definition) is 5. The fraction of sp³-hybridized carbons (Fsp3) is 0.148. The van der Waals surface area contributed by atoms with Crippen LogP contribution in [0.2, 0.25) is 0 Å². The molecule has 1 aromatic heterocycles. The number of nitrogens with zero attached hydrogens (tertiary/aromatic N) is 3. The van der Waals surface area contributed by atoms with Gasteiger partial charge in [0.2, 0.25) is 5.82 Å². The molecule has 0 spiro atoms. The highest BCUT2D eigenvalue weighted by molar-refractivity contribution is 7.98. The molecule has 176 valence electrons. The van der Waals surface area contributed by atoms with Crippen LogP contribution in [0.15, 0.2) is 87.9 Å². The Balaban J connectivity index is 1.64. The summed E-state index contributed by atoms with van der Waals surface area (Å²) in [6.07, 6.45) is 2.01. The second-order valence-corrected chi connectivity index (χ2v) is 9.14. The molecule has 1 atom stereocenters. The van der Waals surface area contributed by atoms with E-state index in [1.165, 1.54) is 17.0 Å². The lowest BCUT2D eigenvalue weighted by molar-refractivity contribution is 0.244. The Morgan fingerprint density at radius 1 is 1.03 bits per heavy atom. The predicted molar refractivity (Wildman–Crippen MR) is 135 cm³/mol. The molecule has 3 aromatic carbocycles. The molecule has 0 saturated heterocycles. The van der Waals surface area contributed by atoms with Crippen molar-refractivity contribution in [3.8, 4) is 11.4 Å². The van der Waals surface area contributed by atoms with E-state index in [9.17, 15) is 9.18 Å². The molecule has 0 fully saturated rings. The van der Waals surface area contributed by atoms with Crippen LogP contribution in [0.3, 0.4) is 0 Å². The summed E-state index contributed by atoms with van der Waals surface area (Å²) in [4.78, 5) is 20.6. The SMILES string of the molecule is CSc1ccc(C2NC(=O)N(c3ccc(F)cc3)C(C)=C2c2nc(-c3cccc(C)c3)no2)cc1. The van der Waals surface area contributed by atoms with Crippen molar-refractivity contribution >= 4 is 29.1 Å². The van der Waals surface area contributed by atoms with Gasteiger partial charge in [-0.3, -0.25) is 4.90 Å². The number of nitrogens with one attached hydrogen (secondary N) is 1. The Morgan fingerprint density at radius 3 is 2.46 bits per heavy atom. The Labute approximate surface area is 206 Å². The maximum atomic E-state index is 13.6. The summed E-state index contributed by atoms with van der Waals surface area (Å²) < 4.78 is 19.3. The largest absolute Gasteiger partial charge is 0.334 e. The Morgan fingerprint density at radius 2 is 1.77 bits per heavy atom. The first-order chi connectivity index (χ1) is 16.9. The number of thioether (sulfide) groups is 1. The highest BCUT2D eigenvalue weighted by Gasteiger charge is 2.36. The lowest BCUT2D eigenvalue weighted by Gasteiger charge is -2.35. The molecule has 2 heterocycles. The van der Waals surface area contributed by atoms with E-state index in [1.807, 2.05) is 68.6 Å². The number of benzene rings is 3. The number of hydrogen-bond donors (Lipinski definition) is 1. The van der Waals surface area contributed by atoms with Gasteiger partial charge in [-0.25, -0.2) is 9.18 Å². The van der Waals surface area contributed by atoms with Crippen LogP contribution in [-0.4, -0.2) is 22.4 Å². The normalized spacial score (nSPS) is 15.9. The Bertz CT molecular complexity index is 1410. The summed E-state index contributed by atoms with van der Waals surface area (Å²) in [5.41, 5.74) is 4.65. The number of rotatable bonds is 5. The molecule has 4 aromatic rings. The van der Waals surface area contributed by atoms with Gasteiger partial charge in [0.05, 0.1) is 17.3 Å². The van der Waals surface area contributed by atoms with E-state index >= 15 is 0 Å². The lowest BCUT2D eigenvalue weighted by atomic mass is 9.94. The van der Waals surface area contributed by atoms with Crippen LogP contribution < -0.4 is 10.2 Å². The van der Waals surface area contributed by atoms with Gasteiger partial charge in [-0.1, -0.05) is 41.1 Å². The quantitative estimate of drug-likeness (QED) is 0.322. The van der Waals surface area contributed by atoms with Crippen LogP contribution >= 0.6 is 11.8 Å². The number of amides is 2. The third kappa shape index (κ3) is 4.44. The molecule has 5 rings (SSSR count). The number of halogens is 1. The number of carbonyl (C=O) groups is 1. The standard InChI is InChI=1S/C27H23FN4O2S/c1-16-5-4-6-19(15-16)25-30-26(34-31-25)23-17(2)32(21-11-9-20(28)10-12-21)27(33)29-24(23)18-7-13-22(35-3)14-8-18/h4-15,24H,1-3H3,(H,29,33). The first-order valence-corrected chi connectivity index (χ1v) is 12.3. The van der Waals surface area contributed by atoms with Gasteiger partial charge >= 0.3 is 6.03 Å². The van der Waals surface area contributed by atoms with E-state index in [4.69, 9.17) is 9.51 Å². The zero-order valence-electron chi connectivity index (χ0n) is 19.4.